The van der Waals surface area contributed by atoms with Crippen LogP contribution in [0.25, 0.3) is 0 Å². The minimum atomic E-state index is -0.202. The van der Waals surface area contributed by atoms with E-state index < -0.39 is 0 Å². The summed E-state index contributed by atoms with van der Waals surface area (Å²) in [5.74, 6) is -0.202. The normalized spacial score (nSPS) is 21.9. The highest BCUT2D eigenvalue weighted by Crippen LogP contribution is 2.18. The summed E-state index contributed by atoms with van der Waals surface area (Å²) in [5, 5.41) is 3.47. The molecule has 1 aliphatic rings. The van der Waals surface area contributed by atoms with Gasteiger partial charge in [0.05, 0.1) is 12.7 Å². The van der Waals surface area contributed by atoms with Gasteiger partial charge in [-0.2, -0.15) is 0 Å². The second-order valence-corrected chi connectivity index (χ2v) is 6.23. The number of benzene rings is 1. The fourth-order valence-electron chi connectivity index (χ4n) is 2.63. The number of rotatable bonds is 5. The third-order valence-corrected chi connectivity index (χ3v) is 4.05. The molecule has 0 aliphatic carbocycles. The fraction of sp³-hybridized carbons (Fsp3) is 0.600. The summed E-state index contributed by atoms with van der Waals surface area (Å²) in [5.41, 5.74) is 0.986. The molecule has 0 radical (unpaired) electrons. The van der Waals surface area contributed by atoms with Crippen LogP contribution in [0, 0.1) is 5.82 Å². The zero-order chi connectivity index (χ0) is 14.5. The van der Waals surface area contributed by atoms with E-state index in [4.69, 9.17) is 4.74 Å². The summed E-state index contributed by atoms with van der Waals surface area (Å²) in [4.78, 5) is 2.28. The smallest absolute Gasteiger partial charge is 0.124 e. The second-order valence-electron chi connectivity index (χ2n) is 5.32. The summed E-state index contributed by atoms with van der Waals surface area (Å²) < 4.78 is 20.1. The van der Waals surface area contributed by atoms with Crippen LogP contribution in [0.1, 0.15) is 12.5 Å². The van der Waals surface area contributed by atoms with E-state index in [9.17, 15) is 4.39 Å². The Morgan fingerprint density at radius 1 is 1.50 bits per heavy atom. The largest absolute Gasteiger partial charge is 0.374 e. The van der Waals surface area contributed by atoms with Crippen LogP contribution in [0.4, 0.5) is 4.39 Å². The van der Waals surface area contributed by atoms with Gasteiger partial charge in [-0.1, -0.05) is 22.9 Å². The maximum absolute atomic E-state index is 13.5. The van der Waals surface area contributed by atoms with E-state index in [0.29, 0.717) is 0 Å². The first kappa shape index (κ1) is 15.9. The van der Waals surface area contributed by atoms with E-state index in [-0.39, 0.29) is 18.0 Å². The fourth-order valence-corrected chi connectivity index (χ4v) is 3.15. The van der Waals surface area contributed by atoms with E-state index in [1.807, 2.05) is 6.07 Å². The van der Waals surface area contributed by atoms with Crippen molar-refractivity contribution in [2.75, 3.05) is 33.3 Å². The predicted molar refractivity (Wildman–Crippen MR) is 82.5 cm³/mol. The highest BCUT2D eigenvalue weighted by Gasteiger charge is 2.26. The highest BCUT2D eigenvalue weighted by molar-refractivity contribution is 9.10. The predicted octanol–water partition coefficient (Wildman–Crippen LogP) is 2.44. The third kappa shape index (κ3) is 4.52. The molecule has 0 aromatic heterocycles. The van der Waals surface area contributed by atoms with Crippen molar-refractivity contribution in [3.8, 4) is 0 Å². The Bertz CT molecular complexity index is 424. The molecule has 0 bridgehead atoms. The molecule has 2 atom stereocenters. The first-order chi connectivity index (χ1) is 9.58. The van der Waals surface area contributed by atoms with Gasteiger partial charge in [-0.25, -0.2) is 4.39 Å². The molecule has 1 aliphatic heterocycles. The number of halogens is 2. The van der Waals surface area contributed by atoms with Crippen molar-refractivity contribution in [2.45, 2.75) is 25.5 Å². The van der Waals surface area contributed by atoms with Crippen LogP contribution >= 0.6 is 15.9 Å². The molecule has 2 rings (SSSR count). The number of nitrogens with one attached hydrogen (secondary N) is 1. The van der Waals surface area contributed by atoms with Crippen molar-refractivity contribution < 1.29 is 9.13 Å². The average Bonchev–Trinajstić information content (AvgIpc) is 2.37. The molecule has 20 heavy (non-hydrogen) atoms. The van der Waals surface area contributed by atoms with E-state index in [1.165, 1.54) is 6.07 Å². The molecule has 0 amide bonds. The third-order valence-electron chi connectivity index (χ3n) is 3.59. The topological polar surface area (TPSA) is 24.5 Å². The summed E-state index contributed by atoms with van der Waals surface area (Å²) in [7, 11) is 2.11. The van der Waals surface area contributed by atoms with Gasteiger partial charge in [-0.05, 0) is 43.8 Å². The Morgan fingerprint density at radius 2 is 2.30 bits per heavy atom. The van der Waals surface area contributed by atoms with Crippen LogP contribution < -0.4 is 5.32 Å². The molecular formula is C15H22BrFN2O. The van der Waals surface area contributed by atoms with Gasteiger partial charge in [0.25, 0.3) is 0 Å². The van der Waals surface area contributed by atoms with Gasteiger partial charge in [0, 0.05) is 23.6 Å². The molecule has 0 saturated carbocycles. The van der Waals surface area contributed by atoms with Crippen LogP contribution in [0.3, 0.4) is 0 Å². The zero-order valence-electron chi connectivity index (χ0n) is 12.0. The monoisotopic (exact) mass is 344 g/mol. The van der Waals surface area contributed by atoms with Crippen LogP contribution in [-0.4, -0.2) is 50.3 Å². The number of hydrogen-bond donors (Lipinski definition) is 1. The maximum Gasteiger partial charge on any atom is 0.124 e. The number of hydrogen-bond acceptors (Lipinski definition) is 3. The summed E-state index contributed by atoms with van der Waals surface area (Å²) in [6, 6.07) is 5.26. The Hall–Kier alpha value is -0.490. The van der Waals surface area contributed by atoms with Crippen LogP contribution in [-0.2, 0) is 11.2 Å². The van der Waals surface area contributed by atoms with Crippen molar-refractivity contribution in [3.05, 3.63) is 34.1 Å². The molecule has 3 nitrogen and oxygen atoms in total. The molecule has 5 heteroatoms. The number of ether oxygens (including phenoxy) is 1. The quantitative estimate of drug-likeness (QED) is 0.887. The van der Waals surface area contributed by atoms with E-state index >= 15 is 0 Å². The lowest BCUT2D eigenvalue weighted by atomic mass is 10.00. The lowest BCUT2D eigenvalue weighted by Crippen LogP contribution is -2.52. The SMILES string of the molecule is CCNC(Cc1cc(F)cc(Br)c1)C1CN(C)CCO1. The minimum absolute atomic E-state index is 0.149. The van der Waals surface area contributed by atoms with Gasteiger partial charge in [0.1, 0.15) is 5.82 Å². The number of likely N-dealkylation sites (N-methyl/N-ethyl adjacent to an activating group) is 2. The second kappa shape index (κ2) is 7.50. The Kier molecular flexibility index (Phi) is 5.96. The molecule has 1 N–H and O–H groups in total. The highest BCUT2D eigenvalue weighted by atomic mass is 79.9. The van der Waals surface area contributed by atoms with Gasteiger partial charge in [0.2, 0.25) is 0 Å². The van der Waals surface area contributed by atoms with Gasteiger partial charge >= 0.3 is 0 Å². The van der Waals surface area contributed by atoms with E-state index in [2.05, 4.69) is 40.1 Å². The molecule has 1 heterocycles. The van der Waals surface area contributed by atoms with Gasteiger partial charge in [-0.3, -0.25) is 0 Å². The lowest BCUT2D eigenvalue weighted by molar-refractivity contribution is -0.0381. The standard InChI is InChI=1S/C15H22BrFN2O/c1-3-18-14(15-10-19(2)4-5-20-15)8-11-6-12(16)9-13(17)7-11/h6-7,9,14-15,18H,3-5,8,10H2,1-2H3. The van der Waals surface area contributed by atoms with Gasteiger partial charge in [-0.15, -0.1) is 0 Å². The molecule has 1 saturated heterocycles. The molecule has 0 spiro atoms. The summed E-state index contributed by atoms with van der Waals surface area (Å²) >= 11 is 3.35. The van der Waals surface area contributed by atoms with Crippen molar-refractivity contribution >= 4 is 15.9 Å². The van der Waals surface area contributed by atoms with E-state index in [1.54, 1.807) is 6.07 Å². The van der Waals surface area contributed by atoms with Crippen LogP contribution in [0.5, 0.6) is 0 Å². The van der Waals surface area contributed by atoms with Crippen LogP contribution in [0.15, 0.2) is 22.7 Å². The van der Waals surface area contributed by atoms with Gasteiger partial charge in [0.15, 0.2) is 0 Å². The Morgan fingerprint density at radius 3 is 2.95 bits per heavy atom. The Labute approximate surface area is 128 Å². The summed E-state index contributed by atoms with van der Waals surface area (Å²) in [6.45, 7) is 5.61. The van der Waals surface area contributed by atoms with Crippen molar-refractivity contribution in [2.24, 2.45) is 0 Å². The molecule has 1 fully saturated rings. The molecule has 1 aromatic rings. The van der Waals surface area contributed by atoms with Crippen molar-refractivity contribution in [1.82, 2.24) is 10.2 Å². The molecule has 1 aromatic carbocycles. The van der Waals surface area contributed by atoms with Crippen molar-refractivity contribution in [3.63, 3.8) is 0 Å². The number of morpholine rings is 1. The zero-order valence-corrected chi connectivity index (χ0v) is 13.6. The molecular weight excluding hydrogens is 323 g/mol. The average molecular weight is 345 g/mol. The van der Waals surface area contributed by atoms with E-state index in [0.717, 1.165) is 42.7 Å². The molecule has 2 unspecified atom stereocenters. The van der Waals surface area contributed by atoms with Crippen LogP contribution in [0.2, 0.25) is 0 Å². The number of nitrogens with zero attached hydrogens (tertiary/aromatic N) is 1. The summed E-state index contributed by atoms with van der Waals surface area (Å²) in [6.07, 6.45) is 0.915. The Balaban J connectivity index is 2.07. The lowest BCUT2D eigenvalue weighted by Gasteiger charge is -2.35. The van der Waals surface area contributed by atoms with Gasteiger partial charge < -0.3 is 15.0 Å². The maximum atomic E-state index is 13.5. The molecule has 112 valence electrons. The minimum Gasteiger partial charge on any atom is -0.374 e. The van der Waals surface area contributed by atoms with Crippen molar-refractivity contribution in [1.29, 1.82) is 0 Å². The first-order valence-corrected chi connectivity index (χ1v) is 7.86. The first-order valence-electron chi connectivity index (χ1n) is 7.07.